The number of aromatic nitrogens is 2. The Labute approximate surface area is 94.1 Å². The van der Waals surface area contributed by atoms with Crippen LogP contribution in [0.15, 0.2) is 28.4 Å². The number of nitrogens with two attached hydrogens (primary N) is 1. The van der Waals surface area contributed by atoms with E-state index in [0.29, 0.717) is 6.54 Å². The van der Waals surface area contributed by atoms with Crippen molar-refractivity contribution in [2.75, 3.05) is 0 Å². The van der Waals surface area contributed by atoms with Gasteiger partial charge in [-0.2, -0.15) is 0 Å². The number of rotatable bonds is 2. The lowest BCUT2D eigenvalue weighted by atomic mass is 10.2. The first kappa shape index (κ1) is 9.76. The molecule has 2 heterocycles. The molecule has 0 aromatic carbocycles. The Hall–Kier alpha value is -0.780. The molecule has 0 aliphatic heterocycles. The molecule has 0 radical (unpaired) electrons. The third kappa shape index (κ3) is 1.84. The van der Waals surface area contributed by atoms with E-state index in [1.807, 2.05) is 11.4 Å². The lowest BCUT2D eigenvalue weighted by Gasteiger charge is -2.01. The van der Waals surface area contributed by atoms with E-state index in [0.717, 1.165) is 20.6 Å². The van der Waals surface area contributed by atoms with Crippen LogP contribution in [0, 0.1) is 0 Å². The summed E-state index contributed by atoms with van der Waals surface area (Å²) < 4.78 is 1.07. The van der Waals surface area contributed by atoms with Crippen molar-refractivity contribution < 1.29 is 0 Å². The molecule has 0 amide bonds. The molecule has 0 bridgehead atoms. The van der Waals surface area contributed by atoms with Crippen molar-refractivity contribution in [3.63, 3.8) is 0 Å². The van der Waals surface area contributed by atoms with E-state index in [4.69, 9.17) is 5.73 Å². The maximum atomic E-state index is 5.61. The van der Waals surface area contributed by atoms with E-state index in [-0.39, 0.29) is 0 Å². The van der Waals surface area contributed by atoms with Gasteiger partial charge in [0.1, 0.15) is 6.33 Å². The fourth-order valence-electron chi connectivity index (χ4n) is 1.17. The molecule has 0 aliphatic carbocycles. The van der Waals surface area contributed by atoms with Crippen molar-refractivity contribution in [3.8, 4) is 10.6 Å². The van der Waals surface area contributed by atoms with Crippen molar-refractivity contribution in [3.05, 3.63) is 34.0 Å². The van der Waals surface area contributed by atoms with Gasteiger partial charge < -0.3 is 5.73 Å². The maximum Gasteiger partial charge on any atom is 0.116 e. The standard InChI is InChI=1S/C9H8BrN3S/c10-7-1-8(14-4-7)9-6(2-11)3-12-5-13-9/h1,3-5H,2,11H2. The maximum absolute atomic E-state index is 5.61. The second kappa shape index (κ2) is 4.16. The molecule has 72 valence electrons. The van der Waals surface area contributed by atoms with Crippen LogP contribution in [0.25, 0.3) is 10.6 Å². The van der Waals surface area contributed by atoms with Gasteiger partial charge in [-0.05, 0) is 22.0 Å². The number of nitrogens with zero attached hydrogens (tertiary/aromatic N) is 2. The van der Waals surface area contributed by atoms with Crippen LogP contribution in [0.2, 0.25) is 0 Å². The molecule has 3 nitrogen and oxygen atoms in total. The molecule has 0 fully saturated rings. The van der Waals surface area contributed by atoms with Crippen LogP contribution < -0.4 is 5.73 Å². The fourth-order valence-corrected chi connectivity index (χ4v) is 2.63. The topological polar surface area (TPSA) is 51.8 Å². The summed E-state index contributed by atoms with van der Waals surface area (Å²) in [6.45, 7) is 0.464. The first-order valence-corrected chi connectivity index (χ1v) is 5.72. The van der Waals surface area contributed by atoms with E-state index in [1.54, 1.807) is 23.9 Å². The molecular weight excluding hydrogens is 262 g/mol. The second-order valence-electron chi connectivity index (χ2n) is 2.73. The van der Waals surface area contributed by atoms with Crippen LogP contribution in [0.1, 0.15) is 5.56 Å². The Bertz CT molecular complexity index is 441. The molecule has 2 aromatic rings. The summed E-state index contributed by atoms with van der Waals surface area (Å²) in [7, 11) is 0. The van der Waals surface area contributed by atoms with E-state index in [1.165, 1.54) is 0 Å². The summed E-state index contributed by atoms with van der Waals surface area (Å²) in [5.41, 5.74) is 7.51. The zero-order valence-corrected chi connectivity index (χ0v) is 9.68. The van der Waals surface area contributed by atoms with Gasteiger partial charge in [-0.1, -0.05) is 0 Å². The van der Waals surface area contributed by atoms with Crippen LogP contribution in [0.3, 0.4) is 0 Å². The lowest BCUT2D eigenvalue weighted by Crippen LogP contribution is -2.00. The first-order valence-electron chi connectivity index (χ1n) is 4.04. The largest absolute Gasteiger partial charge is 0.326 e. The van der Waals surface area contributed by atoms with Crippen molar-refractivity contribution in [1.82, 2.24) is 9.97 Å². The van der Waals surface area contributed by atoms with E-state index in [9.17, 15) is 0 Å². The van der Waals surface area contributed by atoms with Crippen LogP contribution in [0.4, 0.5) is 0 Å². The van der Waals surface area contributed by atoms with Crippen molar-refractivity contribution in [2.45, 2.75) is 6.54 Å². The third-order valence-corrected chi connectivity index (χ3v) is 3.51. The van der Waals surface area contributed by atoms with Gasteiger partial charge in [-0.25, -0.2) is 9.97 Å². The van der Waals surface area contributed by atoms with Crippen LogP contribution >= 0.6 is 27.3 Å². The highest BCUT2D eigenvalue weighted by molar-refractivity contribution is 9.10. The predicted molar refractivity (Wildman–Crippen MR) is 60.9 cm³/mol. The van der Waals surface area contributed by atoms with Crippen molar-refractivity contribution in [1.29, 1.82) is 0 Å². The second-order valence-corrected chi connectivity index (χ2v) is 4.56. The Balaban J connectivity index is 2.50. The van der Waals surface area contributed by atoms with Gasteiger partial charge in [0, 0.05) is 28.2 Å². The molecule has 0 unspecified atom stereocenters. The smallest absolute Gasteiger partial charge is 0.116 e. The monoisotopic (exact) mass is 269 g/mol. The van der Waals surface area contributed by atoms with Gasteiger partial charge in [0.2, 0.25) is 0 Å². The zero-order valence-electron chi connectivity index (χ0n) is 7.27. The van der Waals surface area contributed by atoms with Gasteiger partial charge in [0.05, 0.1) is 10.6 Å². The molecular formula is C9H8BrN3S. The summed E-state index contributed by atoms with van der Waals surface area (Å²) in [6, 6.07) is 2.03. The highest BCUT2D eigenvalue weighted by Gasteiger charge is 2.07. The molecule has 0 spiro atoms. The summed E-state index contributed by atoms with van der Waals surface area (Å²) in [6.07, 6.45) is 3.30. The summed E-state index contributed by atoms with van der Waals surface area (Å²) in [4.78, 5) is 9.29. The normalized spacial score (nSPS) is 10.4. The zero-order chi connectivity index (χ0) is 9.97. The quantitative estimate of drug-likeness (QED) is 0.911. The average molecular weight is 270 g/mol. The number of hydrogen-bond donors (Lipinski definition) is 1. The van der Waals surface area contributed by atoms with E-state index in [2.05, 4.69) is 25.9 Å². The molecule has 0 atom stereocenters. The van der Waals surface area contributed by atoms with Gasteiger partial charge in [-0.3, -0.25) is 0 Å². The molecule has 2 rings (SSSR count). The summed E-state index contributed by atoms with van der Waals surface area (Å²) >= 11 is 5.05. The number of hydrogen-bond acceptors (Lipinski definition) is 4. The number of halogens is 1. The lowest BCUT2D eigenvalue weighted by molar-refractivity contribution is 1.02. The molecule has 14 heavy (non-hydrogen) atoms. The number of thiophene rings is 1. The molecule has 2 aromatic heterocycles. The van der Waals surface area contributed by atoms with E-state index >= 15 is 0 Å². The van der Waals surface area contributed by atoms with Gasteiger partial charge in [-0.15, -0.1) is 11.3 Å². The Kier molecular flexibility index (Phi) is 2.90. The average Bonchev–Trinajstić information content (AvgIpc) is 2.65. The first-order chi connectivity index (χ1) is 6.81. The predicted octanol–water partition coefficient (Wildman–Crippen LogP) is 2.43. The highest BCUT2D eigenvalue weighted by atomic mass is 79.9. The molecule has 0 saturated heterocycles. The van der Waals surface area contributed by atoms with Crippen LogP contribution in [0.5, 0.6) is 0 Å². The molecule has 0 aliphatic rings. The minimum absolute atomic E-state index is 0.464. The SMILES string of the molecule is NCc1cncnc1-c1cc(Br)cs1. The third-order valence-electron chi connectivity index (χ3n) is 1.81. The molecule has 2 N–H and O–H groups in total. The molecule has 5 heteroatoms. The van der Waals surface area contributed by atoms with E-state index < -0.39 is 0 Å². The van der Waals surface area contributed by atoms with Crippen molar-refractivity contribution in [2.24, 2.45) is 5.73 Å². The summed E-state index contributed by atoms with van der Waals surface area (Å²) in [5, 5.41) is 2.03. The van der Waals surface area contributed by atoms with Gasteiger partial charge in [0.25, 0.3) is 0 Å². The van der Waals surface area contributed by atoms with Gasteiger partial charge in [0.15, 0.2) is 0 Å². The Morgan fingerprint density at radius 3 is 3.00 bits per heavy atom. The van der Waals surface area contributed by atoms with Crippen LogP contribution in [-0.2, 0) is 6.54 Å². The van der Waals surface area contributed by atoms with Crippen molar-refractivity contribution >= 4 is 27.3 Å². The van der Waals surface area contributed by atoms with Gasteiger partial charge >= 0.3 is 0 Å². The van der Waals surface area contributed by atoms with Crippen LogP contribution in [-0.4, -0.2) is 9.97 Å². The Morgan fingerprint density at radius 1 is 1.50 bits per heavy atom. The Morgan fingerprint density at radius 2 is 2.36 bits per heavy atom. The fraction of sp³-hybridized carbons (Fsp3) is 0.111. The summed E-state index contributed by atoms with van der Waals surface area (Å²) in [5.74, 6) is 0. The minimum atomic E-state index is 0.464. The minimum Gasteiger partial charge on any atom is -0.326 e. The highest BCUT2D eigenvalue weighted by Crippen LogP contribution is 2.29. The molecule has 0 saturated carbocycles.